The highest BCUT2D eigenvalue weighted by Crippen LogP contribution is 2.26. The van der Waals surface area contributed by atoms with E-state index >= 15 is 0 Å². The third-order valence-corrected chi connectivity index (χ3v) is 4.03. The van der Waals surface area contributed by atoms with Crippen LogP contribution in [-0.2, 0) is 0 Å². The van der Waals surface area contributed by atoms with Crippen molar-refractivity contribution >= 4 is 21.8 Å². The van der Waals surface area contributed by atoms with Crippen LogP contribution in [0.1, 0.15) is 17.3 Å². The molecule has 1 N–H and O–H groups in total. The topological polar surface area (TPSA) is 59.0 Å². The molecule has 0 aromatic heterocycles. The van der Waals surface area contributed by atoms with Gasteiger partial charge < -0.3 is 19.5 Å². The molecular formula is C19H22BrNO4. The maximum Gasteiger partial charge on any atom is 0.253 e. The van der Waals surface area contributed by atoms with E-state index in [0.29, 0.717) is 23.7 Å². The molecule has 0 heterocycles. The molecule has 1 amide bonds. The number of benzene rings is 2. The molecule has 25 heavy (non-hydrogen) atoms. The number of para-hydroxylation sites is 2. The van der Waals surface area contributed by atoms with E-state index in [4.69, 9.17) is 9.47 Å². The second-order valence-corrected chi connectivity index (χ2v) is 6.45. The van der Waals surface area contributed by atoms with Crippen LogP contribution in [0.15, 0.2) is 53.0 Å². The number of hydrogen-bond donors (Lipinski definition) is 1. The van der Waals surface area contributed by atoms with Crippen molar-refractivity contribution in [3.05, 3.63) is 58.6 Å². The van der Waals surface area contributed by atoms with Gasteiger partial charge in [0.05, 0.1) is 6.61 Å². The van der Waals surface area contributed by atoms with Crippen LogP contribution in [0.5, 0.6) is 11.5 Å². The van der Waals surface area contributed by atoms with Crippen LogP contribution in [0.4, 0.5) is 0 Å². The summed E-state index contributed by atoms with van der Waals surface area (Å²) in [6.45, 7) is 2.68. The van der Waals surface area contributed by atoms with Crippen molar-refractivity contribution in [3.8, 4) is 11.5 Å². The molecule has 0 aliphatic heterocycles. The molecule has 0 saturated heterocycles. The van der Waals surface area contributed by atoms with E-state index in [1.807, 2.05) is 37.3 Å². The molecule has 1 atom stereocenters. The predicted octanol–water partition coefficient (Wildman–Crippen LogP) is 3.36. The molecule has 5 nitrogen and oxygen atoms in total. The van der Waals surface area contributed by atoms with Crippen molar-refractivity contribution in [2.24, 2.45) is 0 Å². The molecule has 6 heteroatoms. The SMILES string of the molecule is CCOc1ccccc1OCC(O)CN(C)C(=O)c1ccc(Br)cc1. The standard InChI is InChI=1S/C19H22BrNO4/c1-3-24-17-6-4-5-7-18(17)25-13-16(22)12-21(2)19(23)14-8-10-15(20)11-9-14/h4-11,16,22H,3,12-13H2,1-2H3. The van der Waals surface area contributed by atoms with Crippen LogP contribution in [-0.4, -0.2) is 48.8 Å². The summed E-state index contributed by atoms with van der Waals surface area (Å²) < 4.78 is 12.0. The van der Waals surface area contributed by atoms with Crippen molar-refractivity contribution in [1.29, 1.82) is 0 Å². The van der Waals surface area contributed by atoms with E-state index in [-0.39, 0.29) is 19.1 Å². The maximum atomic E-state index is 12.3. The number of aliphatic hydroxyl groups is 1. The lowest BCUT2D eigenvalue weighted by molar-refractivity contribution is 0.0558. The van der Waals surface area contributed by atoms with Crippen molar-refractivity contribution in [2.75, 3.05) is 26.8 Å². The Hall–Kier alpha value is -2.05. The zero-order valence-electron chi connectivity index (χ0n) is 14.3. The second-order valence-electron chi connectivity index (χ2n) is 5.54. The fourth-order valence-corrected chi connectivity index (χ4v) is 2.56. The number of ether oxygens (including phenoxy) is 2. The smallest absolute Gasteiger partial charge is 0.253 e. The zero-order valence-corrected chi connectivity index (χ0v) is 15.9. The molecule has 0 aliphatic carbocycles. The van der Waals surface area contributed by atoms with Crippen molar-refractivity contribution in [1.82, 2.24) is 4.90 Å². The van der Waals surface area contributed by atoms with Gasteiger partial charge in [0, 0.05) is 23.6 Å². The zero-order chi connectivity index (χ0) is 18.2. The van der Waals surface area contributed by atoms with E-state index < -0.39 is 6.10 Å². The van der Waals surface area contributed by atoms with Gasteiger partial charge in [-0.1, -0.05) is 28.1 Å². The van der Waals surface area contributed by atoms with Crippen LogP contribution in [0.25, 0.3) is 0 Å². The minimum absolute atomic E-state index is 0.0715. The number of aliphatic hydroxyl groups excluding tert-OH is 1. The van der Waals surface area contributed by atoms with E-state index in [9.17, 15) is 9.90 Å². The fraction of sp³-hybridized carbons (Fsp3) is 0.316. The normalized spacial score (nSPS) is 11.7. The highest BCUT2D eigenvalue weighted by atomic mass is 79.9. The third-order valence-electron chi connectivity index (χ3n) is 3.50. The Labute approximate surface area is 156 Å². The quantitative estimate of drug-likeness (QED) is 0.728. The number of carbonyl (C=O) groups is 1. The number of hydrogen-bond acceptors (Lipinski definition) is 4. The molecule has 2 aromatic rings. The van der Waals surface area contributed by atoms with Crippen molar-refractivity contribution in [3.63, 3.8) is 0 Å². The first-order valence-electron chi connectivity index (χ1n) is 8.05. The van der Waals surface area contributed by atoms with Gasteiger partial charge in [0.25, 0.3) is 5.91 Å². The first kappa shape index (κ1) is 19.3. The Morgan fingerprint density at radius 2 is 1.72 bits per heavy atom. The van der Waals surface area contributed by atoms with E-state index in [2.05, 4.69) is 15.9 Å². The van der Waals surface area contributed by atoms with Gasteiger partial charge >= 0.3 is 0 Å². The Kier molecular flexibility index (Phi) is 7.28. The van der Waals surface area contributed by atoms with E-state index in [1.165, 1.54) is 4.90 Å². The van der Waals surface area contributed by atoms with E-state index in [0.717, 1.165) is 4.47 Å². The highest BCUT2D eigenvalue weighted by molar-refractivity contribution is 9.10. The molecule has 134 valence electrons. The van der Waals surface area contributed by atoms with Gasteiger partial charge in [0.1, 0.15) is 12.7 Å². The van der Waals surface area contributed by atoms with Gasteiger partial charge in [-0.05, 0) is 43.3 Å². The predicted molar refractivity (Wildman–Crippen MR) is 100 cm³/mol. The van der Waals surface area contributed by atoms with Gasteiger partial charge in [0.2, 0.25) is 0 Å². The number of likely N-dealkylation sites (N-methyl/N-ethyl adjacent to an activating group) is 1. The van der Waals surface area contributed by atoms with Gasteiger partial charge in [-0.15, -0.1) is 0 Å². The van der Waals surface area contributed by atoms with Crippen molar-refractivity contribution in [2.45, 2.75) is 13.0 Å². The summed E-state index contributed by atoms with van der Waals surface area (Å²) in [5.74, 6) is 1.06. The highest BCUT2D eigenvalue weighted by Gasteiger charge is 2.16. The molecule has 0 bridgehead atoms. The number of halogens is 1. The Balaban J connectivity index is 1.88. The molecule has 0 aliphatic rings. The Morgan fingerprint density at radius 3 is 2.32 bits per heavy atom. The number of nitrogens with zero attached hydrogens (tertiary/aromatic N) is 1. The summed E-state index contributed by atoms with van der Waals surface area (Å²) in [5, 5.41) is 10.2. The summed E-state index contributed by atoms with van der Waals surface area (Å²) in [4.78, 5) is 13.8. The average Bonchev–Trinajstić information content (AvgIpc) is 2.61. The second kappa shape index (κ2) is 9.44. The number of carbonyl (C=O) groups excluding carboxylic acids is 1. The number of rotatable bonds is 8. The summed E-state index contributed by atoms with van der Waals surface area (Å²) in [5.41, 5.74) is 0.570. The van der Waals surface area contributed by atoms with Crippen LogP contribution in [0.3, 0.4) is 0 Å². The molecule has 1 unspecified atom stereocenters. The molecule has 2 rings (SSSR count). The van der Waals surface area contributed by atoms with Crippen LogP contribution in [0, 0.1) is 0 Å². The van der Waals surface area contributed by atoms with Crippen molar-refractivity contribution < 1.29 is 19.4 Å². The minimum Gasteiger partial charge on any atom is -0.490 e. The Morgan fingerprint density at radius 1 is 1.12 bits per heavy atom. The van der Waals surface area contributed by atoms with Gasteiger partial charge in [0.15, 0.2) is 11.5 Å². The lowest BCUT2D eigenvalue weighted by Gasteiger charge is -2.21. The van der Waals surface area contributed by atoms with Crippen LogP contribution >= 0.6 is 15.9 Å². The molecule has 2 aromatic carbocycles. The van der Waals surface area contributed by atoms with E-state index in [1.54, 1.807) is 25.2 Å². The molecule has 0 saturated carbocycles. The molecular weight excluding hydrogens is 386 g/mol. The molecule has 0 radical (unpaired) electrons. The summed E-state index contributed by atoms with van der Waals surface area (Å²) >= 11 is 3.34. The first-order valence-corrected chi connectivity index (χ1v) is 8.84. The third kappa shape index (κ3) is 5.76. The number of amides is 1. The molecule has 0 spiro atoms. The lowest BCUT2D eigenvalue weighted by atomic mass is 10.2. The molecule has 0 fully saturated rings. The van der Waals surface area contributed by atoms with Gasteiger partial charge in [-0.25, -0.2) is 0 Å². The minimum atomic E-state index is -0.806. The summed E-state index contributed by atoms with van der Waals surface area (Å²) in [6.07, 6.45) is -0.806. The largest absolute Gasteiger partial charge is 0.490 e. The average molecular weight is 408 g/mol. The maximum absolute atomic E-state index is 12.3. The fourth-order valence-electron chi connectivity index (χ4n) is 2.29. The van der Waals surface area contributed by atoms with Crippen LogP contribution in [0.2, 0.25) is 0 Å². The Bertz CT molecular complexity index is 690. The van der Waals surface area contributed by atoms with Gasteiger partial charge in [-0.3, -0.25) is 4.79 Å². The lowest BCUT2D eigenvalue weighted by Crippen LogP contribution is -2.37. The van der Waals surface area contributed by atoms with Crippen LogP contribution < -0.4 is 9.47 Å². The van der Waals surface area contributed by atoms with Gasteiger partial charge in [-0.2, -0.15) is 0 Å². The summed E-state index contributed by atoms with van der Waals surface area (Å²) in [7, 11) is 1.65. The first-order chi connectivity index (χ1) is 12.0. The summed E-state index contributed by atoms with van der Waals surface area (Å²) in [6, 6.07) is 14.4. The monoisotopic (exact) mass is 407 g/mol.